The first-order chi connectivity index (χ1) is 8.01. The monoisotopic (exact) mass is 233 g/mol. The molecule has 0 heterocycles. The Morgan fingerprint density at radius 2 is 2.24 bits per heavy atom. The van der Waals surface area contributed by atoms with Crippen LogP contribution in [-0.2, 0) is 0 Å². The van der Waals surface area contributed by atoms with E-state index in [2.05, 4.69) is 20.8 Å². The summed E-state index contributed by atoms with van der Waals surface area (Å²) < 4.78 is 12.6. The Hall–Kier alpha value is -1.36. The summed E-state index contributed by atoms with van der Waals surface area (Å²) in [6, 6.07) is 1.87. The Morgan fingerprint density at radius 3 is 2.76 bits per heavy atom. The lowest BCUT2D eigenvalue weighted by molar-refractivity contribution is 0.376. The molecule has 0 saturated carbocycles. The lowest BCUT2D eigenvalue weighted by atomic mass is 9.72. The molecule has 0 fully saturated rings. The summed E-state index contributed by atoms with van der Waals surface area (Å²) in [4.78, 5) is 0. The third-order valence-corrected chi connectivity index (χ3v) is 3.41. The van der Waals surface area contributed by atoms with Crippen molar-refractivity contribution in [3.8, 4) is 6.07 Å². The summed E-state index contributed by atoms with van der Waals surface area (Å²) in [5, 5.41) is 8.52. The Balaban J connectivity index is 2.97. The lowest BCUT2D eigenvalue weighted by Gasteiger charge is -2.32. The standard InChI is InChI=1S/C15H20FN/c1-12-5-4-9-15(2,3)14(12)7-6-13(11-16)8-10-17/h6-8H,4-5,9,11H2,1-3H3/b7-6+,13-8-. The van der Waals surface area contributed by atoms with Crippen molar-refractivity contribution in [3.05, 3.63) is 34.9 Å². The summed E-state index contributed by atoms with van der Waals surface area (Å²) in [6.07, 6.45) is 8.49. The Bertz CT molecular complexity index is 405. The molecule has 1 rings (SSSR count). The van der Waals surface area contributed by atoms with E-state index in [9.17, 15) is 4.39 Å². The van der Waals surface area contributed by atoms with E-state index >= 15 is 0 Å². The van der Waals surface area contributed by atoms with Gasteiger partial charge in [-0.15, -0.1) is 0 Å². The topological polar surface area (TPSA) is 23.8 Å². The smallest absolute Gasteiger partial charge is 0.115 e. The van der Waals surface area contributed by atoms with E-state index in [4.69, 9.17) is 5.26 Å². The van der Waals surface area contributed by atoms with Crippen molar-refractivity contribution in [1.29, 1.82) is 5.26 Å². The maximum Gasteiger partial charge on any atom is 0.115 e. The summed E-state index contributed by atoms with van der Waals surface area (Å²) in [5.74, 6) is 0. The van der Waals surface area contributed by atoms with Crippen LogP contribution in [0.5, 0.6) is 0 Å². The van der Waals surface area contributed by atoms with Crippen molar-refractivity contribution < 1.29 is 4.39 Å². The molecule has 0 saturated heterocycles. The predicted molar refractivity (Wildman–Crippen MR) is 69.1 cm³/mol. The van der Waals surface area contributed by atoms with E-state index in [1.165, 1.54) is 23.6 Å². The molecule has 0 spiro atoms. The molecule has 1 aliphatic carbocycles. The second-order valence-electron chi connectivity index (χ2n) is 5.25. The van der Waals surface area contributed by atoms with E-state index in [-0.39, 0.29) is 5.41 Å². The van der Waals surface area contributed by atoms with Gasteiger partial charge >= 0.3 is 0 Å². The predicted octanol–water partition coefficient (Wildman–Crippen LogP) is 4.49. The minimum atomic E-state index is -0.586. The maximum absolute atomic E-state index is 12.6. The molecule has 0 N–H and O–H groups in total. The first kappa shape index (κ1) is 13.7. The Kier molecular flexibility index (Phi) is 4.69. The number of hydrogen-bond acceptors (Lipinski definition) is 1. The normalized spacial score (nSPS) is 20.8. The highest BCUT2D eigenvalue weighted by atomic mass is 19.1. The van der Waals surface area contributed by atoms with Gasteiger partial charge in [-0.1, -0.05) is 31.6 Å². The zero-order valence-corrected chi connectivity index (χ0v) is 10.9. The molecule has 1 nitrogen and oxygen atoms in total. The average Bonchev–Trinajstić information content (AvgIpc) is 2.26. The number of allylic oxidation sites excluding steroid dienone is 6. The summed E-state index contributed by atoms with van der Waals surface area (Å²) in [7, 11) is 0. The summed E-state index contributed by atoms with van der Waals surface area (Å²) in [5.41, 5.74) is 3.27. The molecule has 0 aromatic heterocycles. The minimum Gasteiger partial charge on any atom is -0.246 e. The first-order valence-electron chi connectivity index (χ1n) is 6.04. The van der Waals surface area contributed by atoms with Crippen LogP contribution < -0.4 is 0 Å². The van der Waals surface area contributed by atoms with Gasteiger partial charge in [-0.2, -0.15) is 5.26 Å². The first-order valence-corrected chi connectivity index (χ1v) is 6.04. The van der Waals surface area contributed by atoms with Crippen LogP contribution >= 0.6 is 0 Å². The molecule has 0 unspecified atom stereocenters. The maximum atomic E-state index is 12.6. The molecule has 0 aliphatic heterocycles. The SMILES string of the molecule is CC1=C(/C=C/C(=C/C#N)CF)C(C)(C)CCC1. The number of rotatable bonds is 3. The number of nitriles is 1. The van der Waals surface area contributed by atoms with E-state index in [1.807, 2.05) is 12.1 Å². The highest BCUT2D eigenvalue weighted by molar-refractivity contribution is 5.37. The molecule has 92 valence electrons. The van der Waals surface area contributed by atoms with Gasteiger partial charge in [-0.3, -0.25) is 0 Å². The number of hydrogen-bond donors (Lipinski definition) is 0. The molecule has 2 heteroatoms. The third-order valence-electron chi connectivity index (χ3n) is 3.41. The zero-order valence-electron chi connectivity index (χ0n) is 10.9. The summed E-state index contributed by atoms with van der Waals surface area (Å²) in [6.45, 7) is 6.00. The van der Waals surface area contributed by atoms with Gasteiger partial charge in [0.05, 0.1) is 6.07 Å². The molecule has 1 aliphatic rings. The second-order valence-corrected chi connectivity index (χ2v) is 5.25. The molecule has 0 atom stereocenters. The third kappa shape index (κ3) is 3.56. The van der Waals surface area contributed by atoms with Gasteiger partial charge in [0, 0.05) is 6.08 Å². The van der Waals surface area contributed by atoms with Crippen LogP contribution in [0.25, 0.3) is 0 Å². The van der Waals surface area contributed by atoms with Crippen molar-refractivity contribution in [2.75, 3.05) is 6.67 Å². The van der Waals surface area contributed by atoms with Gasteiger partial charge in [-0.25, -0.2) is 4.39 Å². The fourth-order valence-electron chi connectivity index (χ4n) is 2.41. The molecule has 0 radical (unpaired) electrons. The lowest BCUT2D eigenvalue weighted by Crippen LogP contribution is -2.19. The van der Waals surface area contributed by atoms with Crippen molar-refractivity contribution in [2.45, 2.75) is 40.0 Å². The van der Waals surface area contributed by atoms with E-state index in [1.54, 1.807) is 6.08 Å². The number of alkyl halides is 1. The molecular formula is C15H20FN. The van der Waals surface area contributed by atoms with Crippen LogP contribution in [0, 0.1) is 16.7 Å². The van der Waals surface area contributed by atoms with Crippen LogP contribution in [-0.4, -0.2) is 6.67 Å². The number of nitrogens with zero attached hydrogens (tertiary/aromatic N) is 1. The van der Waals surface area contributed by atoms with E-state index < -0.39 is 6.67 Å². The van der Waals surface area contributed by atoms with Gasteiger partial charge in [0.25, 0.3) is 0 Å². The Labute approximate surface area is 103 Å². The van der Waals surface area contributed by atoms with Gasteiger partial charge in [-0.05, 0) is 42.7 Å². The van der Waals surface area contributed by atoms with E-state index in [0.29, 0.717) is 5.57 Å². The van der Waals surface area contributed by atoms with Crippen LogP contribution in [0.15, 0.2) is 34.9 Å². The van der Waals surface area contributed by atoms with Crippen molar-refractivity contribution in [1.82, 2.24) is 0 Å². The second kappa shape index (κ2) is 5.82. The van der Waals surface area contributed by atoms with Gasteiger partial charge in [0.2, 0.25) is 0 Å². The fourth-order valence-corrected chi connectivity index (χ4v) is 2.41. The van der Waals surface area contributed by atoms with Gasteiger partial charge in [0.1, 0.15) is 6.67 Å². The van der Waals surface area contributed by atoms with Crippen LogP contribution in [0.4, 0.5) is 4.39 Å². The molecular weight excluding hydrogens is 213 g/mol. The highest BCUT2D eigenvalue weighted by Gasteiger charge is 2.26. The van der Waals surface area contributed by atoms with Gasteiger partial charge < -0.3 is 0 Å². The molecule has 0 amide bonds. The highest BCUT2D eigenvalue weighted by Crippen LogP contribution is 2.40. The molecule has 17 heavy (non-hydrogen) atoms. The van der Waals surface area contributed by atoms with E-state index in [0.717, 1.165) is 12.8 Å². The fraction of sp³-hybridized carbons (Fsp3) is 0.533. The van der Waals surface area contributed by atoms with Gasteiger partial charge in [0.15, 0.2) is 0 Å². The van der Waals surface area contributed by atoms with Crippen LogP contribution in [0.3, 0.4) is 0 Å². The quantitative estimate of drug-likeness (QED) is 0.520. The van der Waals surface area contributed by atoms with Crippen molar-refractivity contribution >= 4 is 0 Å². The Morgan fingerprint density at radius 1 is 1.53 bits per heavy atom. The van der Waals surface area contributed by atoms with Crippen LogP contribution in [0.1, 0.15) is 40.0 Å². The zero-order chi connectivity index (χ0) is 12.9. The minimum absolute atomic E-state index is 0.160. The van der Waals surface area contributed by atoms with Crippen molar-refractivity contribution in [3.63, 3.8) is 0 Å². The largest absolute Gasteiger partial charge is 0.246 e. The van der Waals surface area contributed by atoms with Crippen molar-refractivity contribution in [2.24, 2.45) is 5.41 Å². The summed E-state index contributed by atoms with van der Waals surface area (Å²) >= 11 is 0. The van der Waals surface area contributed by atoms with Crippen LogP contribution in [0.2, 0.25) is 0 Å². The molecule has 0 aromatic carbocycles. The molecule has 0 aromatic rings. The number of halogens is 1. The average molecular weight is 233 g/mol. The molecule has 0 bridgehead atoms.